The lowest BCUT2D eigenvalue weighted by molar-refractivity contribution is 0.953. The Balaban J connectivity index is 0.000000107. The van der Waals surface area contributed by atoms with Crippen LogP contribution in [0.5, 0.6) is 0 Å². The third kappa shape index (κ3) is 13.3. The second kappa shape index (κ2) is 33.0. The molecule has 0 N–H and O–H groups in total. The summed E-state index contributed by atoms with van der Waals surface area (Å²) >= 11 is 0. The second-order valence-electron chi connectivity index (χ2n) is 35.2. The molecule has 29 rings (SSSR count). The van der Waals surface area contributed by atoms with E-state index in [1.54, 1.807) is 0 Å². The number of nitrogens with zero attached hydrogens (tertiary/aromatic N) is 13. The molecule has 29 aromatic rings. The van der Waals surface area contributed by atoms with Gasteiger partial charge in [-0.15, -0.1) is 0 Å². The first-order valence-corrected chi connectivity index (χ1v) is 47.0. The lowest BCUT2D eigenvalue weighted by Gasteiger charge is -2.13. The van der Waals surface area contributed by atoms with Gasteiger partial charge in [-0.3, -0.25) is 13.7 Å². The van der Waals surface area contributed by atoms with Crippen LogP contribution in [0, 0.1) is 0 Å². The summed E-state index contributed by atoms with van der Waals surface area (Å²) in [5, 5.41) is 16.6. The first-order chi connectivity index (χ1) is 69.0. The molecule has 13 heteroatoms. The lowest BCUT2D eigenvalue weighted by Crippen LogP contribution is -2.07. The number of aromatic nitrogens is 13. The molecule has 10 aromatic heterocycles. The van der Waals surface area contributed by atoms with Crippen molar-refractivity contribution in [3.8, 4) is 97.0 Å². The third-order valence-corrected chi connectivity index (χ3v) is 27.3. The molecular weight excluding hydrogens is 1700 g/mol. The van der Waals surface area contributed by atoms with E-state index in [4.69, 9.17) is 29.9 Å². The highest BCUT2D eigenvalue weighted by atomic mass is 15.2. The van der Waals surface area contributed by atoms with Gasteiger partial charge in [0.25, 0.3) is 0 Å². The van der Waals surface area contributed by atoms with E-state index in [1.807, 2.05) is 36.4 Å². The zero-order valence-corrected chi connectivity index (χ0v) is 75.1. The van der Waals surface area contributed by atoms with Gasteiger partial charge in [0.2, 0.25) is 11.9 Å². The largest absolute Gasteiger partial charge is 0.309 e. The Morgan fingerprint density at radius 3 is 0.827 bits per heavy atom. The summed E-state index contributed by atoms with van der Waals surface area (Å²) in [6, 6.07) is 173. The monoisotopic (exact) mass is 1780 g/mol. The average molecular weight is 1780 g/mol. The maximum absolute atomic E-state index is 5.41. The van der Waals surface area contributed by atoms with Crippen LogP contribution in [0.1, 0.15) is 0 Å². The minimum absolute atomic E-state index is 0.564. The van der Waals surface area contributed by atoms with Gasteiger partial charge in [-0.1, -0.05) is 340 Å². The van der Waals surface area contributed by atoms with Crippen molar-refractivity contribution in [3.05, 3.63) is 491 Å². The Labute approximate surface area is 797 Å². The van der Waals surface area contributed by atoms with Crippen LogP contribution in [0.4, 0.5) is 0 Å². The molecule has 0 spiro atoms. The second-order valence-corrected chi connectivity index (χ2v) is 35.2. The van der Waals surface area contributed by atoms with Crippen LogP contribution in [0.25, 0.3) is 250 Å². The molecule has 0 radical (unpaired) electrons. The molecule has 13 nitrogen and oxygen atoms in total. The highest BCUT2D eigenvalue weighted by molar-refractivity contribution is 6.25. The smallest absolute Gasteiger partial charge is 0.238 e. The van der Waals surface area contributed by atoms with Gasteiger partial charge in [0.15, 0.2) is 11.6 Å². The zero-order chi connectivity index (χ0) is 91.5. The minimum atomic E-state index is 0.564. The van der Waals surface area contributed by atoms with Crippen molar-refractivity contribution in [2.45, 2.75) is 0 Å². The molecule has 0 saturated heterocycles. The zero-order valence-electron chi connectivity index (χ0n) is 75.1. The number of hydrogen-bond donors (Lipinski definition) is 0. The Kier molecular flexibility index (Phi) is 19.0. The summed E-state index contributed by atoms with van der Waals surface area (Å²) in [6.45, 7) is 0. The van der Waals surface area contributed by atoms with Crippen LogP contribution < -0.4 is 0 Å². The van der Waals surface area contributed by atoms with Crippen molar-refractivity contribution in [3.63, 3.8) is 0 Å². The maximum Gasteiger partial charge on any atom is 0.238 e. The van der Waals surface area contributed by atoms with Crippen LogP contribution >= 0.6 is 0 Å². The Bertz CT molecular complexity index is 9810. The lowest BCUT2D eigenvalue weighted by atomic mass is 10.1. The Morgan fingerprint density at radius 2 is 0.410 bits per heavy atom. The number of pyridine rings is 1. The van der Waals surface area contributed by atoms with E-state index in [0.29, 0.717) is 23.5 Å². The van der Waals surface area contributed by atoms with Crippen molar-refractivity contribution in [1.82, 2.24) is 61.9 Å². The number of hydrogen-bond acceptors (Lipinski definition) is 6. The summed E-state index contributed by atoms with van der Waals surface area (Å²) in [6.07, 6.45) is 0. The fraction of sp³-hybridized carbons (Fsp3) is 0. The van der Waals surface area contributed by atoms with Crippen molar-refractivity contribution in [1.29, 1.82) is 0 Å². The predicted octanol–water partition coefficient (Wildman–Crippen LogP) is 31.4. The SMILES string of the molecule is c1ccc(-c2cc(-c3ccccc3)nc(-n3c4ccccc4c4cc5c(cc43)c3ccccc3n5-c3ccccc3)n2)cc1.c1ccc(-c2cccc(-n3c4ccccc4c4cc5c(cc43)c3ccccc3n5-c3ccccc3)n2)cc1.c1ccc(-c2nc(-c3ccc4c(c3)c3ccccc3n4-c3ccccc3)nc(-n3c4ccccc4c4ccc5c6ccccc6n(-c6ccccc6)c5c43)n2)cc1. The fourth-order valence-corrected chi connectivity index (χ4v) is 21.2. The van der Waals surface area contributed by atoms with E-state index in [9.17, 15) is 0 Å². The molecule has 0 fully saturated rings. The van der Waals surface area contributed by atoms with Gasteiger partial charge in [0.05, 0.1) is 94.3 Å². The minimum Gasteiger partial charge on any atom is -0.309 e. The molecule has 10 heterocycles. The van der Waals surface area contributed by atoms with E-state index in [-0.39, 0.29) is 0 Å². The average Bonchev–Trinajstić information content (AvgIpc) is 1.55. The molecule has 0 unspecified atom stereocenters. The van der Waals surface area contributed by atoms with Gasteiger partial charge in [0, 0.05) is 126 Å². The first kappa shape index (κ1) is 79.7. The molecule has 0 aliphatic heterocycles. The fourth-order valence-electron chi connectivity index (χ4n) is 21.2. The van der Waals surface area contributed by atoms with E-state index in [0.717, 1.165) is 139 Å². The number of para-hydroxylation sites is 11. The summed E-state index contributed by atoms with van der Waals surface area (Å²) in [5.41, 5.74) is 28.2. The van der Waals surface area contributed by atoms with Crippen LogP contribution in [-0.4, -0.2) is 61.9 Å². The summed E-state index contributed by atoms with van der Waals surface area (Å²) < 4.78 is 16.3. The molecule has 0 aliphatic carbocycles. The van der Waals surface area contributed by atoms with Gasteiger partial charge in [0.1, 0.15) is 5.82 Å². The molecule has 0 atom stereocenters. The number of rotatable bonds is 12. The van der Waals surface area contributed by atoms with Gasteiger partial charge >= 0.3 is 0 Å². The molecule has 139 heavy (non-hydrogen) atoms. The quantitative estimate of drug-likeness (QED) is 0.120. The standard InChI is InChI=1S/C51H32N6.C40H26N4.C35H23N3/c1-4-16-33(17-5-1)49-52-50(34-28-31-46-42(32-34)39-24-12-13-25-43(39)55(46)35-18-6-2-7-19-35)54-51(53-49)57-45-27-15-11-23-38(45)41-30-29-40-37-22-10-14-26-44(37)56(47(40)48(41)57)36-20-8-3-9-21-36;1-4-14-27(15-5-1)34-26-35(28-16-6-2-7-17-28)42-40(41-34)44-37-23-13-11-21-31(37)33-24-38-32(25-39(33)44)30-20-10-12-22-36(30)43(38)29-18-8-3-9-19-29;1-3-12-24(13-4-1)30-18-11-21-35(36-30)38-32-20-10-8-17-27(32)29-22-33-28(23-34(29)38)26-16-7-9-19-31(26)37(33)25-14-5-2-6-15-25/h1-32H;1-26H;1-23H. The molecule has 19 aromatic carbocycles. The summed E-state index contributed by atoms with van der Waals surface area (Å²) in [4.78, 5) is 31.5. The number of fused-ring (bicyclic) bond motifs is 22. The summed E-state index contributed by atoms with van der Waals surface area (Å²) in [5.74, 6) is 3.36. The van der Waals surface area contributed by atoms with Crippen molar-refractivity contribution >= 4 is 153 Å². The first-order valence-electron chi connectivity index (χ1n) is 47.0. The van der Waals surface area contributed by atoms with Gasteiger partial charge in [-0.2, -0.15) is 9.97 Å². The van der Waals surface area contributed by atoms with E-state index < -0.39 is 0 Å². The van der Waals surface area contributed by atoms with Gasteiger partial charge in [-0.25, -0.2) is 19.9 Å². The topological polar surface area (TPSA) is 112 Å². The van der Waals surface area contributed by atoms with Crippen molar-refractivity contribution in [2.75, 3.05) is 0 Å². The third-order valence-electron chi connectivity index (χ3n) is 27.3. The molecule has 0 amide bonds. The Morgan fingerprint density at radius 1 is 0.129 bits per heavy atom. The molecule has 0 aliphatic rings. The van der Waals surface area contributed by atoms with Gasteiger partial charge < -0.3 is 18.3 Å². The van der Waals surface area contributed by atoms with Crippen LogP contribution in [0.2, 0.25) is 0 Å². The predicted molar refractivity (Wildman–Crippen MR) is 574 cm³/mol. The van der Waals surface area contributed by atoms with E-state index in [1.165, 1.54) is 87.0 Å². The Hall–Kier alpha value is -19.0. The van der Waals surface area contributed by atoms with Crippen LogP contribution in [0.3, 0.4) is 0 Å². The van der Waals surface area contributed by atoms with Crippen LogP contribution in [0.15, 0.2) is 491 Å². The molecular formula is C126H81N13. The molecule has 0 saturated carbocycles. The highest BCUT2D eigenvalue weighted by Crippen LogP contribution is 2.47. The normalized spacial score (nSPS) is 11.7. The number of benzene rings is 19. The molecule has 650 valence electrons. The van der Waals surface area contributed by atoms with Crippen molar-refractivity contribution in [2.24, 2.45) is 0 Å². The van der Waals surface area contributed by atoms with E-state index >= 15 is 0 Å². The van der Waals surface area contributed by atoms with Crippen molar-refractivity contribution < 1.29 is 0 Å². The highest BCUT2D eigenvalue weighted by Gasteiger charge is 2.28. The molecule has 0 bridgehead atoms. The van der Waals surface area contributed by atoms with E-state index in [2.05, 4.69) is 487 Å². The maximum atomic E-state index is 5.41. The van der Waals surface area contributed by atoms with Crippen LogP contribution in [-0.2, 0) is 0 Å². The summed E-state index contributed by atoms with van der Waals surface area (Å²) in [7, 11) is 0. The van der Waals surface area contributed by atoms with Gasteiger partial charge in [-0.05, 0) is 152 Å².